The molecule has 1 saturated carbocycles. The zero-order valence-electron chi connectivity index (χ0n) is 10.9. The number of nitrogens with zero attached hydrogens (tertiary/aromatic N) is 1. The summed E-state index contributed by atoms with van der Waals surface area (Å²) >= 11 is 0. The summed E-state index contributed by atoms with van der Waals surface area (Å²) in [6, 6.07) is 0.766. The predicted octanol–water partition coefficient (Wildman–Crippen LogP) is 2.64. The summed E-state index contributed by atoms with van der Waals surface area (Å²) < 4.78 is 0. The van der Waals surface area contributed by atoms with E-state index < -0.39 is 0 Å². The minimum atomic E-state index is 0.766. The van der Waals surface area contributed by atoms with Crippen LogP contribution in [-0.4, -0.2) is 37.1 Å². The Morgan fingerprint density at radius 3 is 2.75 bits per heavy atom. The average Bonchev–Trinajstić information content (AvgIpc) is 2.80. The van der Waals surface area contributed by atoms with E-state index in [9.17, 15) is 0 Å². The maximum absolute atomic E-state index is 3.64. The van der Waals surface area contributed by atoms with Crippen LogP contribution in [0.3, 0.4) is 0 Å². The van der Waals surface area contributed by atoms with Gasteiger partial charge in [-0.2, -0.15) is 0 Å². The first kappa shape index (κ1) is 12.4. The number of piperazine rings is 1. The number of hydrogen-bond acceptors (Lipinski definition) is 2. The van der Waals surface area contributed by atoms with Crippen molar-refractivity contribution < 1.29 is 0 Å². The number of nitrogens with one attached hydrogen (secondary N) is 1. The van der Waals surface area contributed by atoms with Crippen molar-refractivity contribution in [1.29, 1.82) is 0 Å². The predicted molar refractivity (Wildman–Crippen MR) is 69.7 cm³/mol. The molecule has 2 aliphatic rings. The van der Waals surface area contributed by atoms with Crippen LogP contribution in [-0.2, 0) is 0 Å². The van der Waals surface area contributed by atoms with Crippen molar-refractivity contribution >= 4 is 0 Å². The molecule has 1 aliphatic carbocycles. The van der Waals surface area contributed by atoms with Crippen LogP contribution in [0.4, 0.5) is 0 Å². The van der Waals surface area contributed by atoms with Crippen LogP contribution in [0.5, 0.6) is 0 Å². The highest BCUT2D eigenvalue weighted by atomic mass is 15.2. The molecule has 0 aromatic heterocycles. The van der Waals surface area contributed by atoms with Gasteiger partial charge in [-0.15, -0.1) is 0 Å². The Bertz CT molecular complexity index is 185. The van der Waals surface area contributed by atoms with Gasteiger partial charge in [0.25, 0.3) is 0 Å². The van der Waals surface area contributed by atoms with Crippen LogP contribution in [0.1, 0.15) is 51.9 Å². The van der Waals surface area contributed by atoms with E-state index in [1.807, 2.05) is 0 Å². The molecule has 94 valence electrons. The van der Waals surface area contributed by atoms with Gasteiger partial charge in [0.1, 0.15) is 0 Å². The molecule has 2 nitrogen and oxygen atoms in total. The van der Waals surface area contributed by atoms with Gasteiger partial charge in [0.2, 0.25) is 0 Å². The van der Waals surface area contributed by atoms with Crippen molar-refractivity contribution in [2.24, 2.45) is 5.92 Å². The molecule has 0 aromatic rings. The summed E-state index contributed by atoms with van der Waals surface area (Å²) in [6.07, 6.45) is 10.1. The van der Waals surface area contributed by atoms with E-state index in [4.69, 9.17) is 0 Å². The van der Waals surface area contributed by atoms with Crippen molar-refractivity contribution in [2.45, 2.75) is 57.9 Å². The van der Waals surface area contributed by atoms with Crippen molar-refractivity contribution in [3.05, 3.63) is 0 Å². The molecule has 2 rings (SSSR count). The Labute approximate surface area is 101 Å². The fourth-order valence-corrected chi connectivity index (χ4v) is 3.30. The standard InChI is InChI=1S/C14H28N2/c1-2-5-14-12-16(11-9-15-14)10-8-13-6-3-4-7-13/h13-15H,2-12H2,1H3. The monoisotopic (exact) mass is 224 g/mol. The summed E-state index contributed by atoms with van der Waals surface area (Å²) in [6.45, 7) is 7.41. The maximum Gasteiger partial charge on any atom is 0.0195 e. The summed E-state index contributed by atoms with van der Waals surface area (Å²) in [5.74, 6) is 1.06. The quantitative estimate of drug-likeness (QED) is 0.772. The van der Waals surface area contributed by atoms with Crippen LogP contribution in [0.15, 0.2) is 0 Å². The molecule has 0 spiro atoms. The normalized spacial score (nSPS) is 28.7. The molecule has 0 bridgehead atoms. The molecule has 0 aromatic carbocycles. The zero-order chi connectivity index (χ0) is 11.2. The SMILES string of the molecule is CCCC1CN(CCC2CCCC2)CCN1. The molecule has 16 heavy (non-hydrogen) atoms. The molecule has 0 amide bonds. The molecule has 1 atom stereocenters. The van der Waals surface area contributed by atoms with E-state index in [0.29, 0.717) is 0 Å². The fourth-order valence-electron chi connectivity index (χ4n) is 3.30. The molecule has 2 heteroatoms. The zero-order valence-corrected chi connectivity index (χ0v) is 10.9. The summed E-state index contributed by atoms with van der Waals surface area (Å²) in [5.41, 5.74) is 0. The van der Waals surface area contributed by atoms with E-state index in [2.05, 4.69) is 17.1 Å². The molecule has 1 heterocycles. The average molecular weight is 224 g/mol. The number of hydrogen-bond donors (Lipinski definition) is 1. The molecule has 1 unspecified atom stereocenters. The lowest BCUT2D eigenvalue weighted by molar-refractivity contribution is 0.183. The van der Waals surface area contributed by atoms with Crippen molar-refractivity contribution in [3.8, 4) is 0 Å². The van der Waals surface area contributed by atoms with Crippen molar-refractivity contribution in [2.75, 3.05) is 26.2 Å². The minimum Gasteiger partial charge on any atom is -0.311 e. The molecule has 1 saturated heterocycles. The fraction of sp³-hybridized carbons (Fsp3) is 1.00. The lowest BCUT2D eigenvalue weighted by Crippen LogP contribution is -2.50. The summed E-state index contributed by atoms with van der Waals surface area (Å²) in [5, 5.41) is 3.64. The van der Waals surface area contributed by atoms with Gasteiger partial charge in [0.05, 0.1) is 0 Å². The smallest absolute Gasteiger partial charge is 0.0195 e. The molecule has 1 aliphatic heterocycles. The third-order valence-electron chi connectivity index (χ3n) is 4.31. The maximum atomic E-state index is 3.64. The van der Waals surface area contributed by atoms with E-state index in [1.165, 1.54) is 71.1 Å². The van der Waals surface area contributed by atoms with Crippen LogP contribution in [0.2, 0.25) is 0 Å². The topological polar surface area (TPSA) is 15.3 Å². The molecular weight excluding hydrogens is 196 g/mol. The van der Waals surface area contributed by atoms with Crippen LogP contribution in [0, 0.1) is 5.92 Å². The second kappa shape index (κ2) is 6.61. The van der Waals surface area contributed by atoms with E-state index in [-0.39, 0.29) is 0 Å². The third kappa shape index (κ3) is 3.74. The Balaban J connectivity index is 1.64. The Morgan fingerprint density at radius 1 is 1.19 bits per heavy atom. The lowest BCUT2D eigenvalue weighted by Gasteiger charge is -2.34. The third-order valence-corrected chi connectivity index (χ3v) is 4.31. The van der Waals surface area contributed by atoms with Gasteiger partial charge < -0.3 is 10.2 Å². The van der Waals surface area contributed by atoms with Crippen LogP contribution < -0.4 is 5.32 Å². The molecule has 0 radical (unpaired) electrons. The minimum absolute atomic E-state index is 0.766. The van der Waals surface area contributed by atoms with Crippen molar-refractivity contribution in [1.82, 2.24) is 10.2 Å². The summed E-state index contributed by atoms with van der Waals surface area (Å²) in [7, 11) is 0. The number of rotatable bonds is 5. The molecule has 2 fully saturated rings. The lowest BCUT2D eigenvalue weighted by atomic mass is 10.0. The van der Waals surface area contributed by atoms with Gasteiger partial charge in [-0.1, -0.05) is 39.0 Å². The highest BCUT2D eigenvalue weighted by Crippen LogP contribution is 2.27. The highest BCUT2D eigenvalue weighted by Gasteiger charge is 2.20. The second-order valence-electron chi connectivity index (χ2n) is 5.68. The van der Waals surface area contributed by atoms with E-state index in [1.54, 1.807) is 0 Å². The molecular formula is C14H28N2. The van der Waals surface area contributed by atoms with Crippen LogP contribution >= 0.6 is 0 Å². The first-order valence-corrected chi connectivity index (χ1v) is 7.34. The Morgan fingerprint density at radius 2 is 2.00 bits per heavy atom. The van der Waals surface area contributed by atoms with Gasteiger partial charge in [-0.25, -0.2) is 0 Å². The first-order valence-electron chi connectivity index (χ1n) is 7.34. The first-order chi connectivity index (χ1) is 7.88. The highest BCUT2D eigenvalue weighted by molar-refractivity contribution is 4.79. The van der Waals surface area contributed by atoms with Gasteiger partial charge >= 0.3 is 0 Å². The Kier molecular flexibility index (Phi) is 5.11. The van der Waals surface area contributed by atoms with Gasteiger partial charge in [0.15, 0.2) is 0 Å². The molecule has 1 N–H and O–H groups in total. The van der Waals surface area contributed by atoms with Crippen molar-refractivity contribution in [3.63, 3.8) is 0 Å². The summed E-state index contributed by atoms with van der Waals surface area (Å²) in [4.78, 5) is 2.69. The van der Waals surface area contributed by atoms with Gasteiger partial charge in [-0.3, -0.25) is 0 Å². The van der Waals surface area contributed by atoms with E-state index >= 15 is 0 Å². The largest absolute Gasteiger partial charge is 0.311 e. The van der Waals surface area contributed by atoms with Gasteiger partial charge in [0, 0.05) is 25.7 Å². The second-order valence-corrected chi connectivity index (χ2v) is 5.68. The van der Waals surface area contributed by atoms with Gasteiger partial charge in [-0.05, 0) is 25.3 Å². The van der Waals surface area contributed by atoms with E-state index in [0.717, 1.165) is 12.0 Å². The Hall–Kier alpha value is -0.0800. The van der Waals surface area contributed by atoms with Crippen LogP contribution in [0.25, 0.3) is 0 Å².